The lowest BCUT2D eigenvalue weighted by atomic mass is 10.2. The van der Waals surface area contributed by atoms with Crippen LogP contribution in [0, 0.1) is 0 Å². The molecule has 0 heterocycles. The summed E-state index contributed by atoms with van der Waals surface area (Å²) in [5, 5.41) is 8.68. The maximum atomic E-state index is 11.4. The summed E-state index contributed by atoms with van der Waals surface area (Å²) in [6.45, 7) is 3.58. The molecule has 0 fully saturated rings. The van der Waals surface area contributed by atoms with Crippen molar-refractivity contribution in [2.45, 2.75) is 45.6 Å². The molecule has 0 aromatic heterocycles. The molecule has 0 saturated heterocycles. The molecule has 0 rings (SSSR count). The molecule has 0 aliphatic rings. The van der Waals surface area contributed by atoms with Crippen LogP contribution in [-0.4, -0.2) is 35.0 Å². The standard InChI is InChI=1S/C10H19NO3/c1-4-5-6-7-9(12)11(3)8(2)10(13)14/h8H,4-7H2,1-3H3,(H,13,14). The van der Waals surface area contributed by atoms with E-state index in [1.54, 1.807) is 0 Å². The summed E-state index contributed by atoms with van der Waals surface area (Å²) >= 11 is 0. The van der Waals surface area contributed by atoms with E-state index in [9.17, 15) is 9.59 Å². The quantitative estimate of drug-likeness (QED) is 0.662. The van der Waals surface area contributed by atoms with Gasteiger partial charge in [0, 0.05) is 13.5 Å². The van der Waals surface area contributed by atoms with E-state index in [0.29, 0.717) is 6.42 Å². The fourth-order valence-electron chi connectivity index (χ4n) is 1.08. The van der Waals surface area contributed by atoms with Crippen LogP contribution in [0.2, 0.25) is 0 Å². The molecule has 1 unspecified atom stereocenters. The maximum absolute atomic E-state index is 11.4. The lowest BCUT2D eigenvalue weighted by Crippen LogP contribution is -2.40. The van der Waals surface area contributed by atoms with Gasteiger partial charge in [0.2, 0.25) is 5.91 Å². The van der Waals surface area contributed by atoms with Crippen LogP contribution in [0.15, 0.2) is 0 Å². The molecule has 82 valence electrons. The second-order valence-electron chi connectivity index (χ2n) is 3.48. The van der Waals surface area contributed by atoms with Crippen LogP contribution in [0.3, 0.4) is 0 Å². The largest absolute Gasteiger partial charge is 0.480 e. The van der Waals surface area contributed by atoms with Crippen molar-refractivity contribution in [3.8, 4) is 0 Å². The van der Waals surface area contributed by atoms with Gasteiger partial charge in [0.1, 0.15) is 6.04 Å². The summed E-state index contributed by atoms with van der Waals surface area (Å²) in [7, 11) is 1.53. The van der Waals surface area contributed by atoms with Gasteiger partial charge in [0.05, 0.1) is 0 Å². The highest BCUT2D eigenvalue weighted by Crippen LogP contribution is 2.04. The highest BCUT2D eigenvalue weighted by Gasteiger charge is 2.20. The van der Waals surface area contributed by atoms with E-state index in [2.05, 4.69) is 6.92 Å². The van der Waals surface area contributed by atoms with Crippen molar-refractivity contribution in [3.63, 3.8) is 0 Å². The molecule has 0 aliphatic carbocycles. The van der Waals surface area contributed by atoms with Gasteiger partial charge in [-0.15, -0.1) is 0 Å². The molecule has 0 radical (unpaired) electrons. The summed E-state index contributed by atoms with van der Waals surface area (Å²) in [5.41, 5.74) is 0. The van der Waals surface area contributed by atoms with E-state index >= 15 is 0 Å². The third-order valence-corrected chi connectivity index (χ3v) is 2.33. The molecule has 0 aliphatic heterocycles. The topological polar surface area (TPSA) is 57.6 Å². The Morgan fingerprint density at radius 1 is 1.36 bits per heavy atom. The number of carboxylic acid groups (broad SMARTS) is 1. The molecule has 4 nitrogen and oxygen atoms in total. The predicted octanol–water partition coefficient (Wildman–Crippen LogP) is 1.50. The van der Waals surface area contributed by atoms with Gasteiger partial charge in [0.25, 0.3) is 0 Å². The number of rotatable bonds is 6. The van der Waals surface area contributed by atoms with Crippen molar-refractivity contribution >= 4 is 11.9 Å². The minimum Gasteiger partial charge on any atom is -0.480 e. The van der Waals surface area contributed by atoms with Gasteiger partial charge >= 0.3 is 5.97 Å². The molecule has 1 amide bonds. The second kappa shape index (κ2) is 6.40. The highest BCUT2D eigenvalue weighted by atomic mass is 16.4. The highest BCUT2D eigenvalue weighted by molar-refractivity contribution is 5.83. The molecule has 14 heavy (non-hydrogen) atoms. The Labute approximate surface area is 84.9 Å². The van der Waals surface area contributed by atoms with E-state index in [4.69, 9.17) is 5.11 Å². The number of carbonyl (C=O) groups is 2. The van der Waals surface area contributed by atoms with Gasteiger partial charge in [-0.2, -0.15) is 0 Å². The zero-order valence-corrected chi connectivity index (χ0v) is 9.12. The first-order valence-corrected chi connectivity index (χ1v) is 4.99. The van der Waals surface area contributed by atoms with Crippen molar-refractivity contribution < 1.29 is 14.7 Å². The van der Waals surface area contributed by atoms with E-state index in [1.807, 2.05) is 0 Å². The molecular weight excluding hydrogens is 182 g/mol. The Balaban J connectivity index is 3.92. The molecule has 4 heteroatoms. The molecule has 0 aromatic carbocycles. The fraction of sp³-hybridized carbons (Fsp3) is 0.800. The summed E-state index contributed by atoms with van der Waals surface area (Å²) in [6.07, 6.45) is 3.36. The molecule has 1 atom stereocenters. The number of likely N-dealkylation sites (N-methyl/N-ethyl adjacent to an activating group) is 1. The van der Waals surface area contributed by atoms with Crippen LogP contribution in [0.25, 0.3) is 0 Å². The second-order valence-corrected chi connectivity index (χ2v) is 3.48. The molecular formula is C10H19NO3. The van der Waals surface area contributed by atoms with Crippen LogP contribution in [-0.2, 0) is 9.59 Å². The minimum atomic E-state index is -0.962. The van der Waals surface area contributed by atoms with Gasteiger partial charge in [0.15, 0.2) is 0 Å². The fourth-order valence-corrected chi connectivity index (χ4v) is 1.08. The Morgan fingerprint density at radius 2 is 1.93 bits per heavy atom. The molecule has 0 saturated carbocycles. The van der Waals surface area contributed by atoms with Crippen LogP contribution in [0.1, 0.15) is 39.5 Å². The first-order chi connectivity index (χ1) is 6.50. The number of aliphatic carboxylic acids is 1. The number of hydrogen-bond acceptors (Lipinski definition) is 2. The summed E-state index contributed by atoms with van der Waals surface area (Å²) in [5.74, 6) is -1.05. The number of amides is 1. The third-order valence-electron chi connectivity index (χ3n) is 2.33. The van der Waals surface area contributed by atoms with E-state index < -0.39 is 12.0 Å². The first kappa shape index (κ1) is 12.9. The van der Waals surface area contributed by atoms with Crippen LogP contribution >= 0.6 is 0 Å². The van der Waals surface area contributed by atoms with E-state index in [-0.39, 0.29) is 5.91 Å². The van der Waals surface area contributed by atoms with Crippen LogP contribution in [0.4, 0.5) is 0 Å². The van der Waals surface area contributed by atoms with E-state index in [1.165, 1.54) is 18.9 Å². The predicted molar refractivity (Wildman–Crippen MR) is 54.0 cm³/mol. The summed E-state index contributed by atoms with van der Waals surface area (Å²) in [6, 6.07) is -0.732. The number of carboxylic acids is 1. The summed E-state index contributed by atoms with van der Waals surface area (Å²) in [4.78, 5) is 23.3. The maximum Gasteiger partial charge on any atom is 0.326 e. The van der Waals surface area contributed by atoms with Crippen molar-refractivity contribution in [1.82, 2.24) is 4.90 Å². The average Bonchev–Trinajstić information content (AvgIpc) is 2.15. The van der Waals surface area contributed by atoms with Gasteiger partial charge in [-0.3, -0.25) is 4.79 Å². The Hall–Kier alpha value is -1.06. The molecule has 0 aromatic rings. The Morgan fingerprint density at radius 3 is 2.36 bits per heavy atom. The molecule has 0 bridgehead atoms. The van der Waals surface area contributed by atoms with Crippen molar-refractivity contribution in [3.05, 3.63) is 0 Å². The Bertz CT molecular complexity index is 204. The third kappa shape index (κ3) is 4.25. The molecule has 1 N–H and O–H groups in total. The number of hydrogen-bond donors (Lipinski definition) is 1. The number of unbranched alkanes of at least 4 members (excludes halogenated alkanes) is 2. The zero-order valence-electron chi connectivity index (χ0n) is 9.12. The van der Waals surface area contributed by atoms with Gasteiger partial charge in [-0.05, 0) is 13.3 Å². The lowest BCUT2D eigenvalue weighted by molar-refractivity contribution is -0.148. The number of nitrogens with zero attached hydrogens (tertiary/aromatic N) is 1. The van der Waals surface area contributed by atoms with E-state index in [0.717, 1.165) is 19.3 Å². The summed E-state index contributed by atoms with van der Waals surface area (Å²) < 4.78 is 0. The smallest absolute Gasteiger partial charge is 0.326 e. The van der Waals surface area contributed by atoms with Crippen molar-refractivity contribution in [2.75, 3.05) is 7.05 Å². The van der Waals surface area contributed by atoms with Crippen molar-refractivity contribution in [2.24, 2.45) is 0 Å². The van der Waals surface area contributed by atoms with Gasteiger partial charge < -0.3 is 10.0 Å². The van der Waals surface area contributed by atoms with Gasteiger partial charge in [-0.1, -0.05) is 19.8 Å². The lowest BCUT2D eigenvalue weighted by Gasteiger charge is -2.21. The van der Waals surface area contributed by atoms with Crippen LogP contribution in [0.5, 0.6) is 0 Å². The zero-order chi connectivity index (χ0) is 11.1. The normalized spacial score (nSPS) is 12.2. The van der Waals surface area contributed by atoms with Gasteiger partial charge in [-0.25, -0.2) is 4.79 Å². The van der Waals surface area contributed by atoms with Crippen molar-refractivity contribution in [1.29, 1.82) is 0 Å². The first-order valence-electron chi connectivity index (χ1n) is 4.99. The van der Waals surface area contributed by atoms with Crippen LogP contribution < -0.4 is 0 Å². The average molecular weight is 201 g/mol. The SMILES string of the molecule is CCCCCC(=O)N(C)C(C)C(=O)O. The minimum absolute atomic E-state index is 0.0895. The number of carbonyl (C=O) groups excluding carboxylic acids is 1. The Kier molecular flexibility index (Phi) is 5.92. The monoisotopic (exact) mass is 201 g/mol. The molecule has 0 spiro atoms.